The van der Waals surface area contributed by atoms with Crippen LogP contribution in [0, 0.1) is 0 Å². The molecule has 7 nitrogen and oxygen atoms in total. The predicted octanol–water partition coefficient (Wildman–Crippen LogP) is 2.42. The van der Waals surface area contributed by atoms with E-state index in [0.29, 0.717) is 30.1 Å². The summed E-state index contributed by atoms with van der Waals surface area (Å²) < 4.78 is 36.2. The van der Waals surface area contributed by atoms with E-state index in [4.69, 9.17) is 9.47 Å². The summed E-state index contributed by atoms with van der Waals surface area (Å²) in [5.74, 6) is 1.10. The van der Waals surface area contributed by atoms with Gasteiger partial charge in [0.1, 0.15) is 11.5 Å². The molecule has 1 aliphatic heterocycles. The summed E-state index contributed by atoms with van der Waals surface area (Å²) in [6, 6.07) is 12.2. The first-order valence-corrected chi connectivity index (χ1v) is 10.1. The van der Waals surface area contributed by atoms with Gasteiger partial charge in [-0.3, -0.25) is 9.10 Å². The molecular weight excluding hydrogens is 368 g/mol. The van der Waals surface area contributed by atoms with E-state index in [1.54, 1.807) is 37.4 Å². The van der Waals surface area contributed by atoms with Crippen LogP contribution in [-0.2, 0) is 21.2 Å². The molecule has 0 aromatic heterocycles. The van der Waals surface area contributed by atoms with Crippen molar-refractivity contribution in [3.8, 4) is 11.5 Å². The predicted molar refractivity (Wildman–Crippen MR) is 104 cm³/mol. The monoisotopic (exact) mass is 390 g/mol. The summed E-state index contributed by atoms with van der Waals surface area (Å²) in [5.41, 5.74) is 1.81. The van der Waals surface area contributed by atoms with Crippen molar-refractivity contribution in [1.82, 2.24) is 0 Å². The molecule has 8 heteroatoms. The van der Waals surface area contributed by atoms with Crippen LogP contribution < -0.4 is 19.1 Å². The van der Waals surface area contributed by atoms with Crippen LogP contribution in [0.25, 0.3) is 0 Å². The van der Waals surface area contributed by atoms with Gasteiger partial charge in [-0.15, -0.1) is 0 Å². The van der Waals surface area contributed by atoms with Crippen molar-refractivity contribution >= 4 is 27.3 Å². The van der Waals surface area contributed by atoms with Gasteiger partial charge in [-0.2, -0.15) is 0 Å². The highest BCUT2D eigenvalue weighted by Crippen LogP contribution is 2.35. The first-order valence-electron chi connectivity index (χ1n) is 8.54. The molecule has 0 bridgehead atoms. The minimum absolute atomic E-state index is 0.115. The molecule has 2 aromatic rings. The Bertz CT molecular complexity index is 926. The maximum Gasteiger partial charge on any atom is 0.235 e. The number of anilines is 2. The second-order valence-electron chi connectivity index (χ2n) is 6.20. The Balaban J connectivity index is 1.76. The lowest BCUT2D eigenvalue weighted by Crippen LogP contribution is -2.25. The van der Waals surface area contributed by atoms with E-state index in [1.165, 1.54) is 11.4 Å². The molecule has 0 spiro atoms. The first-order chi connectivity index (χ1) is 12.9. The SMILES string of the molecule is COc1ccc(CC(=O)Nc2ccc(OC)c(N3CCCS3(=O)=O)c2)cc1. The normalized spacial score (nSPS) is 15.4. The average Bonchev–Trinajstić information content (AvgIpc) is 3.01. The maximum atomic E-state index is 12.3. The van der Waals surface area contributed by atoms with Gasteiger partial charge in [-0.05, 0) is 42.3 Å². The molecule has 1 N–H and O–H groups in total. The Morgan fingerprint density at radius 3 is 2.44 bits per heavy atom. The van der Waals surface area contributed by atoms with E-state index in [2.05, 4.69) is 5.32 Å². The fraction of sp³-hybridized carbons (Fsp3) is 0.316. The van der Waals surface area contributed by atoms with Crippen LogP contribution in [-0.4, -0.2) is 40.8 Å². The van der Waals surface area contributed by atoms with Gasteiger partial charge < -0.3 is 14.8 Å². The molecular formula is C19H22N2O5S. The molecule has 0 unspecified atom stereocenters. The number of hydrogen-bond donors (Lipinski definition) is 1. The standard InChI is InChI=1S/C19H22N2O5S/c1-25-16-7-4-14(5-8-16)12-19(22)20-15-6-9-18(26-2)17(13-15)21-10-3-11-27(21,23)24/h4-9,13H,3,10-12H2,1-2H3,(H,20,22). The van der Waals surface area contributed by atoms with Crippen molar-refractivity contribution in [3.63, 3.8) is 0 Å². The lowest BCUT2D eigenvalue weighted by molar-refractivity contribution is -0.115. The van der Waals surface area contributed by atoms with Gasteiger partial charge in [-0.1, -0.05) is 12.1 Å². The van der Waals surface area contributed by atoms with Crippen molar-refractivity contribution in [3.05, 3.63) is 48.0 Å². The Labute approximate surface area is 158 Å². The third-order valence-corrected chi connectivity index (χ3v) is 6.21. The number of rotatable bonds is 6. The van der Waals surface area contributed by atoms with Crippen molar-refractivity contribution < 1.29 is 22.7 Å². The largest absolute Gasteiger partial charge is 0.497 e. The summed E-state index contributed by atoms with van der Waals surface area (Å²) in [7, 11) is -0.268. The van der Waals surface area contributed by atoms with Gasteiger partial charge in [0.15, 0.2) is 0 Å². The zero-order valence-corrected chi connectivity index (χ0v) is 16.1. The van der Waals surface area contributed by atoms with Crippen LogP contribution in [0.4, 0.5) is 11.4 Å². The zero-order valence-electron chi connectivity index (χ0n) is 15.3. The summed E-state index contributed by atoms with van der Waals surface area (Å²) in [4.78, 5) is 12.3. The quantitative estimate of drug-likeness (QED) is 0.819. The number of hydrogen-bond acceptors (Lipinski definition) is 5. The van der Waals surface area contributed by atoms with Crippen LogP contribution in [0.5, 0.6) is 11.5 Å². The van der Waals surface area contributed by atoms with Crippen LogP contribution in [0.15, 0.2) is 42.5 Å². The number of ether oxygens (including phenoxy) is 2. The molecule has 0 atom stereocenters. The molecule has 0 aliphatic carbocycles. The third kappa shape index (κ3) is 4.33. The summed E-state index contributed by atoms with van der Waals surface area (Å²) >= 11 is 0. The molecule has 1 fully saturated rings. The Hall–Kier alpha value is -2.74. The molecule has 144 valence electrons. The lowest BCUT2D eigenvalue weighted by Gasteiger charge is -2.20. The van der Waals surface area contributed by atoms with Crippen LogP contribution in [0.3, 0.4) is 0 Å². The molecule has 1 aliphatic rings. The number of amides is 1. The number of sulfonamides is 1. The van der Waals surface area contributed by atoms with E-state index in [9.17, 15) is 13.2 Å². The highest BCUT2D eigenvalue weighted by Gasteiger charge is 2.30. The fourth-order valence-electron chi connectivity index (χ4n) is 3.01. The van der Waals surface area contributed by atoms with Crippen molar-refractivity contribution in [2.75, 3.05) is 36.1 Å². The summed E-state index contributed by atoms with van der Waals surface area (Å²) in [6.45, 7) is 0.405. The van der Waals surface area contributed by atoms with Gasteiger partial charge in [-0.25, -0.2) is 8.42 Å². The molecule has 0 radical (unpaired) electrons. The highest BCUT2D eigenvalue weighted by atomic mass is 32.2. The number of nitrogens with zero attached hydrogens (tertiary/aromatic N) is 1. The Morgan fingerprint density at radius 1 is 1.11 bits per heavy atom. The zero-order chi connectivity index (χ0) is 19.4. The summed E-state index contributed by atoms with van der Waals surface area (Å²) in [6.07, 6.45) is 0.771. The second-order valence-corrected chi connectivity index (χ2v) is 8.21. The average molecular weight is 390 g/mol. The second kappa shape index (κ2) is 7.87. The van der Waals surface area contributed by atoms with E-state index in [-0.39, 0.29) is 18.1 Å². The van der Waals surface area contributed by atoms with E-state index in [0.717, 1.165) is 11.3 Å². The highest BCUT2D eigenvalue weighted by molar-refractivity contribution is 7.93. The van der Waals surface area contributed by atoms with Crippen LogP contribution >= 0.6 is 0 Å². The third-order valence-electron chi connectivity index (χ3n) is 4.35. The number of carbonyl (C=O) groups excluding carboxylic acids is 1. The van der Waals surface area contributed by atoms with Crippen molar-refractivity contribution in [2.45, 2.75) is 12.8 Å². The lowest BCUT2D eigenvalue weighted by atomic mass is 10.1. The van der Waals surface area contributed by atoms with Crippen molar-refractivity contribution in [1.29, 1.82) is 0 Å². The minimum Gasteiger partial charge on any atom is -0.497 e. The van der Waals surface area contributed by atoms with Gasteiger partial charge in [0.25, 0.3) is 0 Å². The molecule has 1 heterocycles. The first kappa shape index (κ1) is 19.0. The Morgan fingerprint density at radius 2 is 1.85 bits per heavy atom. The molecule has 1 amide bonds. The summed E-state index contributed by atoms with van der Waals surface area (Å²) in [5, 5.41) is 2.81. The van der Waals surface area contributed by atoms with E-state index < -0.39 is 10.0 Å². The number of carbonyl (C=O) groups is 1. The number of methoxy groups -OCH3 is 2. The van der Waals surface area contributed by atoms with Crippen LogP contribution in [0.1, 0.15) is 12.0 Å². The maximum absolute atomic E-state index is 12.3. The Kier molecular flexibility index (Phi) is 5.55. The van der Waals surface area contributed by atoms with Gasteiger partial charge >= 0.3 is 0 Å². The fourth-order valence-corrected chi connectivity index (χ4v) is 4.57. The minimum atomic E-state index is -3.34. The topological polar surface area (TPSA) is 84.9 Å². The molecule has 2 aromatic carbocycles. The van der Waals surface area contributed by atoms with Crippen molar-refractivity contribution in [2.24, 2.45) is 0 Å². The number of nitrogens with one attached hydrogen (secondary N) is 1. The van der Waals surface area contributed by atoms with Gasteiger partial charge in [0.05, 0.1) is 32.1 Å². The molecule has 3 rings (SSSR count). The van der Waals surface area contributed by atoms with E-state index >= 15 is 0 Å². The van der Waals surface area contributed by atoms with Gasteiger partial charge in [0.2, 0.25) is 15.9 Å². The molecule has 27 heavy (non-hydrogen) atoms. The van der Waals surface area contributed by atoms with Crippen LogP contribution in [0.2, 0.25) is 0 Å². The molecule has 1 saturated heterocycles. The van der Waals surface area contributed by atoms with E-state index in [1.807, 2.05) is 12.1 Å². The molecule has 0 saturated carbocycles. The van der Waals surface area contributed by atoms with Gasteiger partial charge in [0, 0.05) is 12.2 Å². The smallest absolute Gasteiger partial charge is 0.235 e. The number of benzene rings is 2.